The number of hydrogen-bond donors (Lipinski definition) is 1. The second-order valence-electron chi connectivity index (χ2n) is 2.59. The molecule has 0 aliphatic heterocycles. The maximum absolute atomic E-state index is 11.0. The summed E-state index contributed by atoms with van der Waals surface area (Å²) < 4.78 is 0. The lowest BCUT2D eigenvalue weighted by Crippen LogP contribution is -2.42. The summed E-state index contributed by atoms with van der Waals surface area (Å²) in [5.74, 6) is 3.97. The van der Waals surface area contributed by atoms with Gasteiger partial charge >= 0.3 is 5.97 Å². The number of rotatable bonds is 3. The zero-order valence-electron chi connectivity index (χ0n) is 8.00. The molecule has 0 aliphatic rings. The van der Waals surface area contributed by atoms with Crippen LogP contribution in [0.25, 0.3) is 0 Å². The van der Waals surface area contributed by atoms with E-state index >= 15 is 0 Å². The van der Waals surface area contributed by atoms with Gasteiger partial charge in [0, 0.05) is 6.92 Å². The molecule has 0 aromatic rings. The first-order chi connectivity index (χ1) is 6.00. The molecule has 0 spiro atoms. The van der Waals surface area contributed by atoms with Crippen LogP contribution in [-0.2, 0) is 9.59 Å². The molecule has 1 amide bonds. The number of aliphatic carboxylic acids is 1. The summed E-state index contributed by atoms with van der Waals surface area (Å²) in [4.78, 5) is 22.8. The Hall–Kier alpha value is -1.50. The Kier molecular flexibility index (Phi) is 4.60. The second kappa shape index (κ2) is 5.20. The van der Waals surface area contributed by atoms with Crippen molar-refractivity contribution in [3.8, 4) is 11.8 Å². The van der Waals surface area contributed by atoms with Crippen molar-refractivity contribution in [1.29, 1.82) is 0 Å². The predicted molar refractivity (Wildman–Crippen MR) is 47.9 cm³/mol. The van der Waals surface area contributed by atoms with Crippen LogP contribution in [0.2, 0.25) is 0 Å². The minimum atomic E-state index is -1.02. The van der Waals surface area contributed by atoms with Crippen LogP contribution in [-0.4, -0.2) is 34.5 Å². The minimum absolute atomic E-state index is 0.166. The first kappa shape index (κ1) is 11.5. The van der Waals surface area contributed by atoms with Crippen LogP contribution in [0.1, 0.15) is 20.8 Å². The third-order valence-corrected chi connectivity index (χ3v) is 1.66. The number of carbonyl (C=O) groups is 2. The molecule has 1 atom stereocenters. The van der Waals surface area contributed by atoms with Crippen molar-refractivity contribution in [3.05, 3.63) is 0 Å². The van der Waals surface area contributed by atoms with E-state index in [-0.39, 0.29) is 12.5 Å². The lowest BCUT2D eigenvalue weighted by atomic mass is 10.3. The molecule has 0 aromatic carbocycles. The van der Waals surface area contributed by atoms with E-state index in [1.807, 2.05) is 0 Å². The van der Waals surface area contributed by atoms with Gasteiger partial charge in [0.2, 0.25) is 5.91 Å². The van der Waals surface area contributed by atoms with Gasteiger partial charge in [0.1, 0.15) is 6.04 Å². The zero-order valence-corrected chi connectivity index (χ0v) is 8.00. The van der Waals surface area contributed by atoms with Gasteiger partial charge in [-0.1, -0.05) is 5.92 Å². The molecule has 72 valence electrons. The Morgan fingerprint density at radius 1 is 1.54 bits per heavy atom. The van der Waals surface area contributed by atoms with Crippen molar-refractivity contribution in [1.82, 2.24) is 4.90 Å². The van der Waals surface area contributed by atoms with Gasteiger partial charge in [-0.2, -0.15) is 0 Å². The lowest BCUT2D eigenvalue weighted by Gasteiger charge is -2.22. The summed E-state index contributed by atoms with van der Waals surface area (Å²) in [7, 11) is 0. The van der Waals surface area contributed by atoms with Crippen LogP contribution in [0.5, 0.6) is 0 Å². The first-order valence-electron chi connectivity index (χ1n) is 3.90. The Morgan fingerprint density at radius 2 is 2.08 bits per heavy atom. The highest BCUT2D eigenvalue weighted by atomic mass is 16.4. The average Bonchev–Trinajstić information content (AvgIpc) is 2.04. The van der Waals surface area contributed by atoms with Gasteiger partial charge in [-0.3, -0.25) is 4.79 Å². The molecule has 0 heterocycles. The summed E-state index contributed by atoms with van der Waals surface area (Å²) >= 11 is 0. The molecule has 0 fully saturated rings. The highest BCUT2D eigenvalue weighted by Crippen LogP contribution is 1.98. The number of amides is 1. The Labute approximate surface area is 77.5 Å². The Morgan fingerprint density at radius 3 is 2.38 bits per heavy atom. The molecule has 0 aliphatic carbocycles. The van der Waals surface area contributed by atoms with Crippen LogP contribution in [0.3, 0.4) is 0 Å². The van der Waals surface area contributed by atoms with E-state index in [1.54, 1.807) is 6.92 Å². The third kappa shape index (κ3) is 3.61. The van der Waals surface area contributed by atoms with Crippen molar-refractivity contribution in [2.45, 2.75) is 26.8 Å². The van der Waals surface area contributed by atoms with Gasteiger partial charge in [-0.25, -0.2) is 4.79 Å². The van der Waals surface area contributed by atoms with Gasteiger partial charge < -0.3 is 10.0 Å². The molecule has 0 saturated carbocycles. The second-order valence-corrected chi connectivity index (χ2v) is 2.59. The molecular formula is C9H13NO3. The summed E-state index contributed by atoms with van der Waals surface area (Å²) in [6.45, 7) is 4.60. The molecule has 0 radical (unpaired) electrons. The first-order valence-corrected chi connectivity index (χ1v) is 3.90. The fraction of sp³-hybridized carbons (Fsp3) is 0.556. The largest absolute Gasteiger partial charge is 0.480 e. The van der Waals surface area contributed by atoms with E-state index in [0.29, 0.717) is 0 Å². The Balaban J connectivity index is 4.47. The van der Waals surface area contributed by atoms with E-state index in [4.69, 9.17) is 5.11 Å². The molecule has 0 aromatic heterocycles. The van der Waals surface area contributed by atoms with E-state index in [0.717, 1.165) is 0 Å². The predicted octanol–water partition coefficient (Wildman–Crippen LogP) is 0.331. The maximum atomic E-state index is 11.0. The van der Waals surface area contributed by atoms with E-state index in [9.17, 15) is 9.59 Å². The highest BCUT2D eigenvalue weighted by molar-refractivity contribution is 5.82. The summed E-state index contributed by atoms with van der Waals surface area (Å²) in [6.07, 6.45) is 0. The molecular weight excluding hydrogens is 170 g/mol. The Bertz CT molecular complexity index is 262. The van der Waals surface area contributed by atoms with E-state index in [2.05, 4.69) is 11.8 Å². The SMILES string of the molecule is CC#CCN(C(C)=O)C(C)C(=O)O. The van der Waals surface area contributed by atoms with Crippen LogP contribution < -0.4 is 0 Å². The van der Waals surface area contributed by atoms with Crippen molar-refractivity contribution < 1.29 is 14.7 Å². The normalized spacial score (nSPS) is 11.0. The number of nitrogens with zero attached hydrogens (tertiary/aromatic N) is 1. The molecule has 0 saturated heterocycles. The summed E-state index contributed by atoms with van der Waals surface area (Å²) in [5.41, 5.74) is 0. The number of carboxylic acids is 1. The van der Waals surface area contributed by atoms with Crippen molar-refractivity contribution in [2.75, 3.05) is 6.54 Å². The fourth-order valence-corrected chi connectivity index (χ4v) is 0.819. The molecule has 1 unspecified atom stereocenters. The van der Waals surface area contributed by atoms with Crippen molar-refractivity contribution in [2.24, 2.45) is 0 Å². The highest BCUT2D eigenvalue weighted by Gasteiger charge is 2.21. The topological polar surface area (TPSA) is 57.6 Å². The zero-order chi connectivity index (χ0) is 10.4. The third-order valence-electron chi connectivity index (χ3n) is 1.66. The molecule has 13 heavy (non-hydrogen) atoms. The number of carboxylic acid groups (broad SMARTS) is 1. The molecule has 0 rings (SSSR count). The van der Waals surface area contributed by atoms with Crippen LogP contribution in [0.15, 0.2) is 0 Å². The van der Waals surface area contributed by atoms with E-state index < -0.39 is 12.0 Å². The lowest BCUT2D eigenvalue weighted by molar-refractivity contribution is -0.148. The average molecular weight is 183 g/mol. The fourth-order valence-electron chi connectivity index (χ4n) is 0.819. The van der Waals surface area contributed by atoms with Gasteiger partial charge in [0.25, 0.3) is 0 Å². The molecule has 4 nitrogen and oxygen atoms in total. The molecule has 0 bridgehead atoms. The van der Waals surface area contributed by atoms with Crippen molar-refractivity contribution >= 4 is 11.9 Å². The van der Waals surface area contributed by atoms with Gasteiger partial charge in [-0.05, 0) is 13.8 Å². The van der Waals surface area contributed by atoms with Gasteiger partial charge in [0.05, 0.1) is 6.54 Å². The monoisotopic (exact) mass is 183 g/mol. The number of carbonyl (C=O) groups excluding carboxylic acids is 1. The molecule has 4 heteroatoms. The van der Waals surface area contributed by atoms with Gasteiger partial charge in [-0.15, -0.1) is 5.92 Å². The van der Waals surface area contributed by atoms with Crippen molar-refractivity contribution in [3.63, 3.8) is 0 Å². The van der Waals surface area contributed by atoms with Gasteiger partial charge in [0.15, 0.2) is 0 Å². The summed E-state index contributed by atoms with van der Waals surface area (Å²) in [6, 6.07) is -0.821. The van der Waals surface area contributed by atoms with Crippen LogP contribution in [0.4, 0.5) is 0 Å². The smallest absolute Gasteiger partial charge is 0.326 e. The molecule has 1 N–H and O–H groups in total. The maximum Gasteiger partial charge on any atom is 0.326 e. The van der Waals surface area contributed by atoms with Crippen LogP contribution in [0, 0.1) is 11.8 Å². The summed E-state index contributed by atoms with van der Waals surface area (Å²) in [5, 5.41) is 8.66. The minimum Gasteiger partial charge on any atom is -0.480 e. The van der Waals surface area contributed by atoms with E-state index in [1.165, 1.54) is 18.7 Å². The quantitative estimate of drug-likeness (QED) is 0.641. The van der Waals surface area contributed by atoms with Crippen LogP contribution >= 0.6 is 0 Å². The standard InChI is InChI=1S/C9H13NO3/c1-4-5-6-10(8(3)11)7(2)9(12)13/h7H,6H2,1-3H3,(H,12,13). The number of hydrogen-bond acceptors (Lipinski definition) is 2.